The van der Waals surface area contributed by atoms with E-state index in [2.05, 4.69) is 6.58 Å². The number of benzene rings is 3. The van der Waals surface area contributed by atoms with E-state index in [-0.39, 0.29) is 19.0 Å². The molecule has 0 aliphatic heterocycles. The van der Waals surface area contributed by atoms with Crippen LogP contribution < -0.4 is 4.74 Å². The van der Waals surface area contributed by atoms with Gasteiger partial charge >= 0.3 is 5.97 Å². The first kappa shape index (κ1) is 20.1. The van der Waals surface area contributed by atoms with Gasteiger partial charge in [-0.3, -0.25) is 4.79 Å². The molecule has 0 radical (unpaired) electrons. The summed E-state index contributed by atoms with van der Waals surface area (Å²) in [5.41, 5.74) is 3.74. The summed E-state index contributed by atoms with van der Waals surface area (Å²) in [4.78, 5) is 24.0. The molecule has 3 rings (SSSR count). The number of hydrogen-bond acceptors (Lipinski definition) is 4. The van der Waals surface area contributed by atoms with Crippen LogP contribution >= 0.6 is 0 Å². The summed E-state index contributed by atoms with van der Waals surface area (Å²) in [6.45, 7) is 5.48. The Kier molecular flexibility index (Phi) is 6.59. The number of ether oxygens (including phenoxy) is 2. The van der Waals surface area contributed by atoms with Crippen molar-refractivity contribution >= 4 is 11.8 Å². The van der Waals surface area contributed by atoms with E-state index in [0.717, 1.165) is 11.1 Å². The van der Waals surface area contributed by atoms with Crippen LogP contribution in [-0.2, 0) is 9.53 Å². The summed E-state index contributed by atoms with van der Waals surface area (Å²) in [7, 11) is 0. The van der Waals surface area contributed by atoms with Crippen molar-refractivity contribution in [2.45, 2.75) is 6.92 Å². The monoisotopic (exact) mass is 386 g/mol. The molecule has 0 saturated heterocycles. The topological polar surface area (TPSA) is 52.6 Å². The standard InChI is InChI=1S/C25H22O4/c1-18(2)25(27)29-17-16-28-23-14-12-22(13-15-23)24(26)21-10-8-20(9-11-21)19-6-4-3-5-7-19/h3-15H,1,16-17H2,2H3. The fourth-order valence-corrected chi connectivity index (χ4v) is 2.73. The van der Waals surface area contributed by atoms with Crippen molar-refractivity contribution in [2.24, 2.45) is 0 Å². The van der Waals surface area contributed by atoms with Gasteiger partial charge in [0.15, 0.2) is 5.78 Å². The molecule has 4 heteroatoms. The van der Waals surface area contributed by atoms with Crippen LogP contribution in [0.2, 0.25) is 0 Å². The zero-order valence-electron chi connectivity index (χ0n) is 16.3. The van der Waals surface area contributed by atoms with E-state index >= 15 is 0 Å². The molecule has 0 amide bonds. The lowest BCUT2D eigenvalue weighted by Gasteiger charge is -2.08. The molecule has 3 aromatic rings. The van der Waals surface area contributed by atoms with Gasteiger partial charge in [-0.2, -0.15) is 0 Å². The number of esters is 1. The SMILES string of the molecule is C=C(C)C(=O)OCCOc1ccc(C(=O)c2ccc(-c3ccccc3)cc2)cc1. The van der Waals surface area contributed by atoms with Gasteiger partial charge in [-0.1, -0.05) is 61.2 Å². The zero-order chi connectivity index (χ0) is 20.6. The van der Waals surface area contributed by atoms with Gasteiger partial charge < -0.3 is 9.47 Å². The van der Waals surface area contributed by atoms with Crippen molar-refractivity contribution in [3.63, 3.8) is 0 Å². The van der Waals surface area contributed by atoms with Crippen molar-refractivity contribution in [3.05, 3.63) is 102 Å². The molecule has 0 bridgehead atoms. The fourth-order valence-electron chi connectivity index (χ4n) is 2.73. The first-order chi connectivity index (χ1) is 14.0. The lowest BCUT2D eigenvalue weighted by molar-refractivity contribution is -0.139. The van der Waals surface area contributed by atoms with Crippen LogP contribution in [0.3, 0.4) is 0 Å². The van der Waals surface area contributed by atoms with Gasteiger partial charge in [0.2, 0.25) is 0 Å². The Morgan fingerprint density at radius 1 is 0.759 bits per heavy atom. The van der Waals surface area contributed by atoms with Gasteiger partial charge in [0.25, 0.3) is 0 Å². The van der Waals surface area contributed by atoms with E-state index in [9.17, 15) is 9.59 Å². The van der Waals surface area contributed by atoms with E-state index in [4.69, 9.17) is 9.47 Å². The Labute approximate surface area is 170 Å². The maximum Gasteiger partial charge on any atom is 0.333 e. The highest BCUT2D eigenvalue weighted by atomic mass is 16.6. The smallest absolute Gasteiger partial charge is 0.333 e. The van der Waals surface area contributed by atoms with Crippen molar-refractivity contribution < 1.29 is 19.1 Å². The third kappa shape index (κ3) is 5.42. The quantitative estimate of drug-likeness (QED) is 0.234. The molecule has 0 aliphatic carbocycles. The van der Waals surface area contributed by atoms with Gasteiger partial charge in [-0.15, -0.1) is 0 Å². The van der Waals surface area contributed by atoms with Crippen LogP contribution in [-0.4, -0.2) is 25.0 Å². The molecule has 146 valence electrons. The van der Waals surface area contributed by atoms with Crippen LogP contribution in [0.25, 0.3) is 11.1 Å². The Bertz CT molecular complexity index is 987. The van der Waals surface area contributed by atoms with Crippen molar-refractivity contribution in [1.82, 2.24) is 0 Å². The summed E-state index contributed by atoms with van der Waals surface area (Å²) in [5.74, 6) is 0.117. The first-order valence-electron chi connectivity index (χ1n) is 9.30. The van der Waals surface area contributed by atoms with Crippen LogP contribution in [0.1, 0.15) is 22.8 Å². The molecule has 0 aromatic heterocycles. The van der Waals surface area contributed by atoms with Gasteiger partial charge in [0.1, 0.15) is 19.0 Å². The number of ketones is 1. The minimum absolute atomic E-state index is 0.0495. The average molecular weight is 386 g/mol. The second-order valence-electron chi connectivity index (χ2n) is 6.56. The maximum absolute atomic E-state index is 12.7. The molecule has 0 unspecified atom stereocenters. The van der Waals surface area contributed by atoms with Crippen LogP contribution in [0.15, 0.2) is 91.0 Å². The third-order valence-electron chi connectivity index (χ3n) is 4.30. The van der Waals surface area contributed by atoms with Crippen LogP contribution in [0, 0.1) is 0 Å². The van der Waals surface area contributed by atoms with E-state index in [1.54, 1.807) is 31.2 Å². The summed E-state index contributed by atoms with van der Waals surface area (Å²) in [5, 5.41) is 0. The molecule has 4 nitrogen and oxygen atoms in total. The highest BCUT2D eigenvalue weighted by Crippen LogP contribution is 2.21. The molecule has 0 saturated carbocycles. The zero-order valence-corrected chi connectivity index (χ0v) is 16.3. The van der Waals surface area contributed by atoms with Gasteiger partial charge in [0.05, 0.1) is 0 Å². The fraction of sp³-hybridized carbons (Fsp3) is 0.120. The Morgan fingerprint density at radius 2 is 1.31 bits per heavy atom. The van der Waals surface area contributed by atoms with Crippen molar-refractivity contribution in [2.75, 3.05) is 13.2 Å². The normalized spacial score (nSPS) is 10.2. The largest absolute Gasteiger partial charge is 0.490 e. The van der Waals surface area contributed by atoms with E-state index in [0.29, 0.717) is 22.4 Å². The summed E-state index contributed by atoms with van der Waals surface area (Å²) in [6.07, 6.45) is 0. The maximum atomic E-state index is 12.7. The third-order valence-corrected chi connectivity index (χ3v) is 4.30. The van der Waals surface area contributed by atoms with Gasteiger partial charge in [0, 0.05) is 16.7 Å². The molecule has 0 fully saturated rings. The van der Waals surface area contributed by atoms with Crippen LogP contribution in [0.5, 0.6) is 5.75 Å². The molecule has 0 N–H and O–H groups in total. The number of carbonyl (C=O) groups excluding carboxylic acids is 2. The molecule has 0 heterocycles. The Balaban J connectivity index is 1.57. The first-order valence-corrected chi connectivity index (χ1v) is 9.30. The molecule has 0 atom stereocenters. The minimum atomic E-state index is -0.437. The van der Waals surface area contributed by atoms with Crippen molar-refractivity contribution in [1.29, 1.82) is 0 Å². The molecule has 0 aliphatic rings. The summed E-state index contributed by atoms with van der Waals surface area (Å²) < 4.78 is 10.5. The number of rotatable bonds is 8. The minimum Gasteiger partial charge on any atom is -0.490 e. The predicted molar refractivity (Wildman–Crippen MR) is 113 cm³/mol. The van der Waals surface area contributed by atoms with Crippen LogP contribution in [0.4, 0.5) is 0 Å². The van der Waals surface area contributed by atoms with Gasteiger partial charge in [-0.25, -0.2) is 4.79 Å². The van der Waals surface area contributed by atoms with E-state index < -0.39 is 5.97 Å². The second kappa shape index (κ2) is 9.51. The summed E-state index contributed by atoms with van der Waals surface area (Å²) >= 11 is 0. The Morgan fingerprint density at radius 3 is 1.90 bits per heavy atom. The second-order valence-corrected chi connectivity index (χ2v) is 6.56. The van der Waals surface area contributed by atoms with E-state index in [1.807, 2.05) is 54.6 Å². The lowest BCUT2D eigenvalue weighted by Crippen LogP contribution is -2.12. The van der Waals surface area contributed by atoms with Gasteiger partial charge in [-0.05, 0) is 42.3 Å². The predicted octanol–water partition coefficient (Wildman–Crippen LogP) is 5.08. The highest BCUT2D eigenvalue weighted by Gasteiger charge is 2.10. The Hall–Kier alpha value is -3.66. The molecular weight excluding hydrogens is 364 g/mol. The molecule has 3 aromatic carbocycles. The average Bonchev–Trinajstić information content (AvgIpc) is 2.77. The highest BCUT2D eigenvalue weighted by molar-refractivity contribution is 6.09. The molecule has 29 heavy (non-hydrogen) atoms. The lowest BCUT2D eigenvalue weighted by atomic mass is 9.99. The number of carbonyl (C=O) groups is 2. The molecular formula is C25H22O4. The van der Waals surface area contributed by atoms with Crippen molar-refractivity contribution in [3.8, 4) is 16.9 Å². The number of hydrogen-bond donors (Lipinski definition) is 0. The summed E-state index contributed by atoms with van der Waals surface area (Å²) in [6, 6.07) is 24.5. The van der Waals surface area contributed by atoms with E-state index in [1.165, 1.54) is 0 Å². The molecule has 0 spiro atoms.